The van der Waals surface area contributed by atoms with Gasteiger partial charge in [0.2, 0.25) is 6.04 Å². The summed E-state index contributed by atoms with van der Waals surface area (Å²) in [5.41, 5.74) is 0. The Hall–Kier alpha value is -0.600. The highest BCUT2D eigenvalue weighted by Gasteiger charge is 2.08. The zero-order chi connectivity index (χ0) is 6.57. The van der Waals surface area contributed by atoms with E-state index < -0.39 is 6.04 Å². The van der Waals surface area contributed by atoms with Gasteiger partial charge in [-0.2, -0.15) is 0 Å². The highest BCUT2D eigenvalue weighted by molar-refractivity contribution is 4.48. The Morgan fingerprint density at radius 1 is 1.88 bits per heavy atom. The second-order valence-electron chi connectivity index (χ2n) is 1.78. The molecular formula is C5H10NO2. The molecule has 1 radical (unpaired) electrons. The Morgan fingerprint density at radius 3 is 2.50 bits per heavy atom. The molecule has 47 valence electrons. The van der Waals surface area contributed by atoms with Gasteiger partial charge < -0.3 is 0 Å². The van der Waals surface area contributed by atoms with Gasteiger partial charge in [-0.05, 0) is 6.42 Å². The maximum Gasteiger partial charge on any atom is 0.210 e. The third kappa shape index (κ3) is 2.55. The number of rotatable bonds is 3. The summed E-state index contributed by atoms with van der Waals surface area (Å²) in [4.78, 5) is 9.58. The zero-order valence-corrected chi connectivity index (χ0v) is 4.96. The maximum absolute atomic E-state index is 9.87. The molecule has 0 spiro atoms. The Bertz CT molecular complexity index is 82.5. The molecule has 0 aliphatic carbocycles. The van der Waals surface area contributed by atoms with Gasteiger partial charge in [0.15, 0.2) is 0 Å². The summed E-state index contributed by atoms with van der Waals surface area (Å²) >= 11 is 0. The molecule has 0 fully saturated rings. The Labute approximate surface area is 48.9 Å². The number of hydrogen-bond acceptors (Lipinski definition) is 2. The monoisotopic (exact) mass is 116 g/mol. The van der Waals surface area contributed by atoms with Crippen LogP contribution in [-0.4, -0.2) is 11.0 Å². The Morgan fingerprint density at radius 2 is 2.38 bits per heavy atom. The van der Waals surface area contributed by atoms with Crippen molar-refractivity contribution in [3.63, 3.8) is 0 Å². The summed E-state index contributed by atoms with van der Waals surface area (Å²) in [5, 5.41) is 9.87. The van der Waals surface area contributed by atoms with Crippen LogP contribution in [0.5, 0.6) is 0 Å². The predicted octanol–water partition coefficient (Wildman–Crippen LogP) is 1.27. The van der Waals surface area contributed by atoms with Gasteiger partial charge >= 0.3 is 0 Å². The lowest BCUT2D eigenvalue weighted by atomic mass is 10.2. The molecule has 0 aromatic rings. The molecule has 8 heavy (non-hydrogen) atoms. The lowest BCUT2D eigenvalue weighted by molar-refractivity contribution is -0.518. The standard InChI is InChI=1S/C5H10NO2/c1-3-4-5(2)6(7)8/h5H,1,3-4H2,2H3. The van der Waals surface area contributed by atoms with Crippen LogP contribution in [0.4, 0.5) is 0 Å². The predicted molar refractivity (Wildman–Crippen MR) is 31.0 cm³/mol. The van der Waals surface area contributed by atoms with Crippen LogP contribution in [0.2, 0.25) is 0 Å². The molecular weight excluding hydrogens is 106 g/mol. The fourth-order valence-electron chi connectivity index (χ4n) is 0.401. The van der Waals surface area contributed by atoms with Gasteiger partial charge in [0.1, 0.15) is 0 Å². The largest absolute Gasteiger partial charge is 0.264 e. The van der Waals surface area contributed by atoms with E-state index in [9.17, 15) is 10.1 Å². The molecule has 1 unspecified atom stereocenters. The highest BCUT2D eigenvalue weighted by atomic mass is 16.6. The number of nitrogens with zero attached hydrogens (tertiary/aromatic N) is 1. The summed E-state index contributed by atoms with van der Waals surface area (Å²) in [6.45, 7) is 5.09. The smallest absolute Gasteiger partial charge is 0.210 e. The van der Waals surface area contributed by atoms with Crippen LogP contribution < -0.4 is 0 Å². The van der Waals surface area contributed by atoms with Gasteiger partial charge in [0.25, 0.3) is 0 Å². The molecule has 3 heteroatoms. The quantitative estimate of drug-likeness (QED) is 0.411. The molecule has 0 aromatic heterocycles. The molecule has 0 aliphatic heterocycles. The van der Waals surface area contributed by atoms with Crippen LogP contribution in [0.25, 0.3) is 0 Å². The summed E-state index contributed by atoms with van der Waals surface area (Å²) in [5.74, 6) is 0. The minimum absolute atomic E-state index is 0.287. The van der Waals surface area contributed by atoms with Crippen LogP contribution in [0.15, 0.2) is 0 Å². The van der Waals surface area contributed by atoms with Gasteiger partial charge in [-0.15, -0.1) is 0 Å². The van der Waals surface area contributed by atoms with E-state index in [1.165, 1.54) is 0 Å². The van der Waals surface area contributed by atoms with Crippen molar-refractivity contribution in [3.05, 3.63) is 17.0 Å². The third-order valence-electron chi connectivity index (χ3n) is 0.982. The first-order chi connectivity index (χ1) is 3.68. The van der Waals surface area contributed by atoms with Gasteiger partial charge in [0, 0.05) is 18.3 Å². The average molecular weight is 116 g/mol. The molecule has 0 amide bonds. The molecule has 0 aromatic carbocycles. The van der Waals surface area contributed by atoms with Crippen molar-refractivity contribution in [1.82, 2.24) is 0 Å². The summed E-state index contributed by atoms with van der Waals surface area (Å²) < 4.78 is 0. The van der Waals surface area contributed by atoms with Crippen LogP contribution in [0.1, 0.15) is 19.8 Å². The molecule has 0 saturated heterocycles. The van der Waals surface area contributed by atoms with E-state index in [-0.39, 0.29) is 4.92 Å². The molecule has 1 atom stereocenters. The first-order valence-electron chi connectivity index (χ1n) is 2.61. The zero-order valence-electron chi connectivity index (χ0n) is 4.96. The van der Waals surface area contributed by atoms with E-state index in [4.69, 9.17) is 0 Å². The molecule has 0 rings (SSSR count). The number of nitro groups is 1. The van der Waals surface area contributed by atoms with Gasteiger partial charge in [-0.25, -0.2) is 0 Å². The minimum Gasteiger partial charge on any atom is -0.264 e. The maximum atomic E-state index is 9.87. The highest BCUT2D eigenvalue weighted by Crippen LogP contribution is 1.97. The molecule has 0 heterocycles. The van der Waals surface area contributed by atoms with E-state index in [2.05, 4.69) is 6.92 Å². The molecule has 0 saturated carbocycles. The van der Waals surface area contributed by atoms with E-state index in [0.717, 1.165) is 0 Å². The average Bonchev–Trinajstić information content (AvgIpc) is 1.67. The minimum atomic E-state index is -0.424. The van der Waals surface area contributed by atoms with Gasteiger partial charge in [0.05, 0.1) is 0 Å². The van der Waals surface area contributed by atoms with Gasteiger partial charge in [-0.3, -0.25) is 10.1 Å². The number of hydrogen-bond donors (Lipinski definition) is 0. The lowest BCUT2D eigenvalue weighted by Gasteiger charge is -1.97. The summed E-state index contributed by atoms with van der Waals surface area (Å²) in [6.07, 6.45) is 1.22. The van der Waals surface area contributed by atoms with Crippen LogP contribution in [-0.2, 0) is 0 Å². The van der Waals surface area contributed by atoms with E-state index >= 15 is 0 Å². The first-order valence-corrected chi connectivity index (χ1v) is 2.61. The van der Waals surface area contributed by atoms with Crippen molar-refractivity contribution in [2.75, 3.05) is 0 Å². The van der Waals surface area contributed by atoms with Crippen LogP contribution >= 0.6 is 0 Å². The Balaban J connectivity index is 3.32. The van der Waals surface area contributed by atoms with E-state index in [1.54, 1.807) is 6.92 Å². The molecule has 0 bridgehead atoms. The van der Waals surface area contributed by atoms with Crippen LogP contribution in [0.3, 0.4) is 0 Å². The second kappa shape index (κ2) is 3.41. The Kier molecular flexibility index (Phi) is 3.15. The van der Waals surface area contributed by atoms with Crippen molar-refractivity contribution in [2.24, 2.45) is 0 Å². The molecule has 0 aliphatic rings. The van der Waals surface area contributed by atoms with E-state index in [0.29, 0.717) is 12.8 Å². The third-order valence-corrected chi connectivity index (χ3v) is 0.982. The fourth-order valence-corrected chi connectivity index (χ4v) is 0.401. The normalized spacial score (nSPS) is 13.2. The topological polar surface area (TPSA) is 43.1 Å². The van der Waals surface area contributed by atoms with Crippen molar-refractivity contribution in [1.29, 1.82) is 0 Å². The fraction of sp³-hybridized carbons (Fsp3) is 0.800. The second-order valence-corrected chi connectivity index (χ2v) is 1.78. The summed E-state index contributed by atoms with van der Waals surface area (Å²) in [6, 6.07) is -0.424. The molecule has 3 nitrogen and oxygen atoms in total. The molecule has 0 N–H and O–H groups in total. The SMILES string of the molecule is [CH2]CCC(C)[N+](=O)[O-]. The van der Waals surface area contributed by atoms with Crippen LogP contribution in [0, 0.1) is 17.0 Å². The van der Waals surface area contributed by atoms with Crippen molar-refractivity contribution >= 4 is 0 Å². The lowest BCUT2D eigenvalue weighted by Crippen LogP contribution is -2.13. The first kappa shape index (κ1) is 7.40. The van der Waals surface area contributed by atoms with Crippen molar-refractivity contribution in [3.8, 4) is 0 Å². The van der Waals surface area contributed by atoms with Gasteiger partial charge in [-0.1, -0.05) is 6.92 Å². The van der Waals surface area contributed by atoms with Crippen molar-refractivity contribution in [2.45, 2.75) is 25.8 Å². The summed E-state index contributed by atoms with van der Waals surface area (Å²) in [7, 11) is 0. The van der Waals surface area contributed by atoms with Crippen molar-refractivity contribution < 1.29 is 4.92 Å². The van der Waals surface area contributed by atoms with E-state index in [1.807, 2.05) is 0 Å².